The average Bonchev–Trinajstić information content (AvgIpc) is 3.72. The third-order valence-electron chi connectivity index (χ3n) is 10.6. The van der Waals surface area contributed by atoms with E-state index in [-0.39, 0.29) is 37.3 Å². The third kappa shape index (κ3) is 8.52. The number of fused-ring (bicyclic) bond motifs is 4. The molecule has 0 spiro atoms. The molecule has 0 amide bonds. The zero-order valence-corrected chi connectivity index (χ0v) is 38.5. The molecule has 0 fully saturated rings. The van der Waals surface area contributed by atoms with E-state index in [0.717, 1.165) is 44.3 Å². The van der Waals surface area contributed by atoms with Gasteiger partial charge in [0, 0.05) is 41.3 Å². The summed E-state index contributed by atoms with van der Waals surface area (Å²) in [4.78, 5) is 9.60. The first-order valence-corrected chi connectivity index (χ1v) is 20.2. The van der Waals surface area contributed by atoms with E-state index in [0.29, 0.717) is 22.9 Å². The summed E-state index contributed by atoms with van der Waals surface area (Å²) in [5, 5.41) is 2.17. The van der Waals surface area contributed by atoms with Crippen LogP contribution in [0.5, 0.6) is 11.5 Å². The van der Waals surface area contributed by atoms with Crippen molar-refractivity contribution in [1.29, 1.82) is 0 Å². The van der Waals surface area contributed by atoms with Gasteiger partial charge < -0.3 is 9.30 Å². The summed E-state index contributed by atoms with van der Waals surface area (Å²) >= 11 is 0. The Hall–Kier alpha value is -5.06. The molecule has 4 aromatic heterocycles. The fraction of sp³-hybridized carbons (Fsp3) is 0.327. The molecule has 0 radical (unpaired) electrons. The molecular formula is C52H55N5OPt-2. The van der Waals surface area contributed by atoms with E-state index in [1.165, 1.54) is 16.7 Å². The molecule has 6 nitrogen and oxygen atoms in total. The summed E-state index contributed by atoms with van der Waals surface area (Å²) in [5.74, 6) is 2.32. The van der Waals surface area contributed by atoms with E-state index in [1.807, 2.05) is 66.4 Å². The minimum Gasteiger partial charge on any atom is -0.522 e. The second-order valence-electron chi connectivity index (χ2n) is 19.6. The molecule has 4 aromatic carbocycles. The van der Waals surface area contributed by atoms with E-state index in [1.54, 1.807) is 12.3 Å². The zero-order chi connectivity index (χ0) is 43.2. The predicted molar refractivity (Wildman–Crippen MR) is 237 cm³/mol. The molecule has 7 heteroatoms. The maximum Gasteiger partial charge on any atom is 0.269 e. The van der Waals surface area contributed by atoms with Gasteiger partial charge in [0.1, 0.15) is 5.82 Å². The third-order valence-corrected chi connectivity index (χ3v) is 10.6. The van der Waals surface area contributed by atoms with E-state index in [4.69, 9.17) is 14.7 Å². The van der Waals surface area contributed by atoms with Crippen LogP contribution in [0.3, 0.4) is 0 Å². The molecule has 0 aliphatic rings. The van der Waals surface area contributed by atoms with E-state index >= 15 is 0 Å². The van der Waals surface area contributed by atoms with Crippen molar-refractivity contribution in [3.63, 3.8) is 0 Å². The Morgan fingerprint density at radius 3 is 1.98 bits per heavy atom. The van der Waals surface area contributed by atoms with Crippen molar-refractivity contribution in [2.75, 3.05) is 0 Å². The predicted octanol–water partition coefficient (Wildman–Crippen LogP) is 12.5. The SMILES string of the molecule is [2H]C([2H])(c1ccc2c(c1)[n+](-c1cc(C(C)(C)C)cc(C(C)(C)C)c1)[c-]n2-c1[c-]c(Oc2[c-]c3c(cc2)c2ccccc2n3-c2cc(C(C)(C)C)ccn2)ccn1)C(C)(C)C.[Pt]. The Kier molecular flexibility index (Phi) is 10.1. The fourth-order valence-corrected chi connectivity index (χ4v) is 7.40. The summed E-state index contributed by atoms with van der Waals surface area (Å²) in [5.41, 5.74) is 7.79. The largest absolute Gasteiger partial charge is 0.522 e. The van der Waals surface area contributed by atoms with E-state index in [9.17, 15) is 2.74 Å². The summed E-state index contributed by atoms with van der Waals surface area (Å²) in [6.45, 7) is 25.8. The number of aromatic nitrogens is 5. The van der Waals surface area contributed by atoms with Crippen molar-refractivity contribution < 1.29 is 33.1 Å². The number of pyridine rings is 2. The van der Waals surface area contributed by atoms with Crippen molar-refractivity contribution in [2.45, 2.75) is 106 Å². The second-order valence-corrected chi connectivity index (χ2v) is 19.6. The van der Waals surface area contributed by atoms with Crippen molar-refractivity contribution in [1.82, 2.24) is 19.1 Å². The van der Waals surface area contributed by atoms with Crippen molar-refractivity contribution in [2.24, 2.45) is 5.41 Å². The van der Waals surface area contributed by atoms with Gasteiger partial charge in [0.25, 0.3) is 6.33 Å². The van der Waals surface area contributed by atoms with Gasteiger partial charge in [-0.05, 0) is 92.3 Å². The maximum atomic E-state index is 9.18. The summed E-state index contributed by atoms with van der Waals surface area (Å²) in [7, 11) is 0. The van der Waals surface area contributed by atoms with Crippen molar-refractivity contribution >= 4 is 32.8 Å². The number of ether oxygens (including phenoxy) is 1. The number of hydrogen-bond donors (Lipinski definition) is 0. The van der Waals surface area contributed by atoms with Crippen LogP contribution in [0.25, 0.3) is 50.2 Å². The number of imidazole rings is 1. The Morgan fingerprint density at radius 2 is 1.31 bits per heavy atom. The van der Waals surface area contributed by atoms with Crippen LogP contribution >= 0.6 is 0 Å². The van der Waals surface area contributed by atoms with Crippen LogP contribution < -0.4 is 9.30 Å². The zero-order valence-electron chi connectivity index (χ0n) is 38.3. The molecule has 0 saturated carbocycles. The smallest absolute Gasteiger partial charge is 0.269 e. The standard InChI is InChI=1S/C52H55N5O.Pt/c1-49(2,3)32-34-17-20-44-46(25-34)55(38-27-36(51(7,8)9)26-37(28-38)52(10,11)12)33-56(44)47-31-40(22-24-53-47)58-39-18-19-42-41-15-13-14-16-43(41)57(45(42)30-39)48-29-35(21-23-54-48)50(4,5)6;/h13-29H,32H2,1-12H3;/q-2;/i32D2;. The first-order valence-electron chi connectivity index (χ1n) is 21.2. The second kappa shape index (κ2) is 15.2. The molecule has 0 aliphatic heterocycles. The summed E-state index contributed by atoms with van der Waals surface area (Å²) in [6.07, 6.45) is 5.60. The molecule has 4 heterocycles. The molecule has 0 atom stereocenters. The van der Waals surface area contributed by atoms with Gasteiger partial charge in [-0.3, -0.25) is 14.1 Å². The fourth-order valence-electron chi connectivity index (χ4n) is 7.40. The van der Waals surface area contributed by atoms with Crippen LogP contribution in [0.4, 0.5) is 0 Å². The number of nitrogens with zero attached hydrogens (tertiary/aromatic N) is 5. The van der Waals surface area contributed by atoms with Crippen LogP contribution in [-0.4, -0.2) is 19.1 Å². The monoisotopic (exact) mass is 962 g/mol. The van der Waals surface area contributed by atoms with Gasteiger partial charge in [0.2, 0.25) is 0 Å². The summed E-state index contributed by atoms with van der Waals surface area (Å²) < 4.78 is 31.0. The van der Waals surface area contributed by atoms with Gasteiger partial charge in [-0.25, -0.2) is 4.98 Å². The van der Waals surface area contributed by atoms with Gasteiger partial charge in [-0.15, -0.1) is 17.5 Å². The quantitative estimate of drug-likeness (QED) is 0.123. The Bertz CT molecular complexity index is 2900. The number of benzene rings is 4. The minimum absolute atomic E-state index is 0. The van der Waals surface area contributed by atoms with Crippen LogP contribution in [0.15, 0.2) is 103 Å². The molecule has 0 bridgehead atoms. The van der Waals surface area contributed by atoms with E-state index in [2.05, 4.69) is 140 Å². The Balaban J connectivity index is 0.00000561. The van der Waals surface area contributed by atoms with Crippen molar-refractivity contribution in [3.8, 4) is 28.8 Å². The molecule has 0 saturated heterocycles. The number of hydrogen-bond acceptors (Lipinski definition) is 3. The molecule has 59 heavy (non-hydrogen) atoms. The van der Waals surface area contributed by atoms with Gasteiger partial charge in [0.15, 0.2) is 0 Å². The van der Waals surface area contributed by atoms with Gasteiger partial charge >= 0.3 is 0 Å². The average molecular weight is 963 g/mol. The Labute approximate surface area is 367 Å². The molecule has 0 N–H and O–H groups in total. The molecule has 0 unspecified atom stereocenters. The molecule has 8 aromatic rings. The number of para-hydroxylation sites is 1. The maximum absolute atomic E-state index is 9.18. The van der Waals surface area contributed by atoms with Crippen LogP contribution in [0.1, 0.15) is 108 Å². The van der Waals surface area contributed by atoms with Crippen molar-refractivity contribution in [3.05, 3.63) is 144 Å². The van der Waals surface area contributed by atoms with Gasteiger partial charge in [0.05, 0.1) is 22.5 Å². The van der Waals surface area contributed by atoms with Crippen LogP contribution in [0.2, 0.25) is 0 Å². The molecule has 306 valence electrons. The van der Waals surface area contributed by atoms with Gasteiger partial charge in [-0.2, -0.15) is 18.2 Å². The molecule has 8 rings (SSSR count). The topological polar surface area (TPSA) is 48.8 Å². The molecular weight excluding hydrogens is 906 g/mol. The number of rotatable bonds is 6. The minimum atomic E-state index is -1.60. The van der Waals surface area contributed by atoms with E-state index < -0.39 is 11.8 Å². The van der Waals surface area contributed by atoms with Crippen LogP contribution in [0, 0.1) is 23.9 Å². The molecule has 0 aliphatic carbocycles. The first kappa shape index (κ1) is 39.4. The normalized spacial score (nSPS) is 13.4. The Morgan fingerprint density at radius 1 is 0.644 bits per heavy atom. The first-order chi connectivity index (χ1) is 28.0. The van der Waals surface area contributed by atoms with Gasteiger partial charge in [-0.1, -0.05) is 137 Å². The van der Waals surface area contributed by atoms with Crippen LogP contribution in [-0.2, 0) is 43.7 Å². The summed E-state index contributed by atoms with van der Waals surface area (Å²) in [6, 6.07) is 38.0.